The first-order valence-electron chi connectivity index (χ1n) is 5.38. The van der Waals surface area contributed by atoms with Crippen LogP contribution in [0.15, 0.2) is 35.1 Å². The maximum Gasteiger partial charge on any atom is 0.433 e. The summed E-state index contributed by atoms with van der Waals surface area (Å²) >= 11 is 0.0831. The van der Waals surface area contributed by atoms with Gasteiger partial charge in [-0.15, -0.1) is 0 Å². The zero-order valence-electron chi connectivity index (χ0n) is 9.85. The fourth-order valence-electron chi connectivity index (χ4n) is 1.74. The van der Waals surface area contributed by atoms with Crippen LogP contribution in [0.5, 0.6) is 0 Å². The third-order valence-electron chi connectivity index (χ3n) is 2.54. The van der Waals surface area contributed by atoms with E-state index in [9.17, 15) is 22.8 Å². The van der Waals surface area contributed by atoms with E-state index in [0.29, 0.717) is 10.1 Å². The quantitative estimate of drug-likeness (QED) is 0.948. The summed E-state index contributed by atoms with van der Waals surface area (Å²) in [5.41, 5.74) is -0.932. The van der Waals surface area contributed by atoms with E-state index in [1.165, 1.54) is 0 Å². The van der Waals surface area contributed by atoms with Crippen molar-refractivity contribution in [1.29, 1.82) is 0 Å². The Bertz CT molecular complexity index is 688. The van der Waals surface area contributed by atoms with E-state index in [2.05, 4.69) is 0 Å². The molecule has 1 heterocycles. The van der Waals surface area contributed by atoms with Crippen molar-refractivity contribution in [3.8, 4) is 0 Å². The number of thiazole rings is 1. The van der Waals surface area contributed by atoms with E-state index in [1.807, 2.05) is 0 Å². The van der Waals surface area contributed by atoms with Gasteiger partial charge in [0.05, 0.1) is 6.54 Å². The summed E-state index contributed by atoms with van der Waals surface area (Å²) in [4.78, 5) is 20.5. The normalized spacial score (nSPS) is 11.6. The average Bonchev–Trinajstić information content (AvgIpc) is 2.68. The molecule has 0 fully saturated rings. The Hall–Kier alpha value is -2.09. The Balaban J connectivity index is 2.58. The lowest BCUT2D eigenvalue weighted by molar-refractivity contribution is -0.143. The molecule has 8 heteroatoms. The number of rotatable bonds is 3. The van der Waals surface area contributed by atoms with Crippen LogP contribution < -0.4 is 4.87 Å². The summed E-state index contributed by atoms with van der Waals surface area (Å²) in [6, 6.07) is 8.05. The maximum atomic E-state index is 13.0. The zero-order valence-corrected chi connectivity index (χ0v) is 10.7. The SMILES string of the molecule is O=C(O)c1sc(=O)n(Cc2ccccc2)c1C(F)(F)F. The number of nitrogens with zero attached hydrogens (tertiary/aromatic N) is 1. The predicted octanol–water partition coefficient (Wildman–Crippen LogP) is 2.68. The molecule has 4 nitrogen and oxygen atoms in total. The molecule has 0 atom stereocenters. The van der Waals surface area contributed by atoms with E-state index in [1.54, 1.807) is 30.3 Å². The number of aromatic nitrogens is 1. The first kappa shape index (κ1) is 14.3. The molecule has 2 aromatic rings. The van der Waals surface area contributed by atoms with Crippen LogP contribution in [0, 0.1) is 0 Å². The van der Waals surface area contributed by atoms with Crippen molar-refractivity contribution < 1.29 is 23.1 Å². The van der Waals surface area contributed by atoms with Gasteiger partial charge in [-0.1, -0.05) is 41.7 Å². The van der Waals surface area contributed by atoms with Gasteiger partial charge >= 0.3 is 17.0 Å². The van der Waals surface area contributed by atoms with Crippen LogP contribution in [-0.4, -0.2) is 15.6 Å². The van der Waals surface area contributed by atoms with Crippen LogP contribution >= 0.6 is 11.3 Å². The Morgan fingerprint density at radius 3 is 2.35 bits per heavy atom. The van der Waals surface area contributed by atoms with E-state index in [0.717, 1.165) is 0 Å². The highest BCUT2D eigenvalue weighted by Crippen LogP contribution is 2.33. The van der Waals surface area contributed by atoms with Crippen molar-refractivity contribution in [3.63, 3.8) is 0 Å². The van der Waals surface area contributed by atoms with Gasteiger partial charge in [-0.2, -0.15) is 13.2 Å². The highest BCUT2D eigenvalue weighted by molar-refractivity contribution is 7.11. The van der Waals surface area contributed by atoms with E-state index >= 15 is 0 Å². The molecule has 2 rings (SSSR count). The number of benzene rings is 1. The number of aromatic carboxylic acids is 1. The van der Waals surface area contributed by atoms with Gasteiger partial charge in [0, 0.05) is 0 Å². The van der Waals surface area contributed by atoms with Gasteiger partial charge in [0.1, 0.15) is 4.88 Å². The number of carboxylic acid groups (broad SMARTS) is 1. The van der Waals surface area contributed by atoms with Gasteiger partial charge in [0.2, 0.25) is 0 Å². The maximum absolute atomic E-state index is 13.0. The van der Waals surface area contributed by atoms with Gasteiger partial charge in [0.25, 0.3) is 0 Å². The number of carboxylic acids is 1. The van der Waals surface area contributed by atoms with Gasteiger partial charge < -0.3 is 5.11 Å². The molecule has 0 aliphatic rings. The molecule has 20 heavy (non-hydrogen) atoms. The van der Waals surface area contributed by atoms with Crippen molar-refractivity contribution in [2.45, 2.75) is 12.7 Å². The molecule has 0 saturated heterocycles. The van der Waals surface area contributed by atoms with Gasteiger partial charge in [-0.25, -0.2) is 4.79 Å². The van der Waals surface area contributed by atoms with Gasteiger partial charge in [-0.3, -0.25) is 9.36 Å². The van der Waals surface area contributed by atoms with Crippen molar-refractivity contribution in [3.05, 3.63) is 56.1 Å². The Kier molecular flexibility index (Phi) is 3.67. The van der Waals surface area contributed by atoms with Crippen molar-refractivity contribution in [2.75, 3.05) is 0 Å². The highest BCUT2D eigenvalue weighted by Gasteiger charge is 2.41. The largest absolute Gasteiger partial charge is 0.477 e. The Morgan fingerprint density at radius 2 is 1.85 bits per heavy atom. The first-order chi connectivity index (χ1) is 9.30. The molecule has 1 aromatic carbocycles. The van der Waals surface area contributed by atoms with Crippen LogP contribution in [0.25, 0.3) is 0 Å². The second kappa shape index (κ2) is 5.12. The minimum Gasteiger partial charge on any atom is -0.477 e. The van der Waals surface area contributed by atoms with E-state index in [4.69, 9.17) is 5.11 Å². The van der Waals surface area contributed by atoms with Crippen LogP contribution in [0.3, 0.4) is 0 Å². The Labute approximate surface area is 114 Å². The first-order valence-corrected chi connectivity index (χ1v) is 6.20. The topological polar surface area (TPSA) is 59.3 Å². The molecular weight excluding hydrogens is 295 g/mol. The van der Waals surface area contributed by atoms with Crippen LogP contribution in [-0.2, 0) is 12.7 Å². The summed E-state index contributed by atoms with van der Waals surface area (Å²) < 4.78 is 39.4. The van der Waals surface area contributed by atoms with E-state index < -0.39 is 27.6 Å². The molecule has 0 spiro atoms. The fourth-order valence-corrected chi connectivity index (χ4v) is 2.59. The summed E-state index contributed by atoms with van der Waals surface area (Å²) in [7, 11) is 0. The molecule has 0 bridgehead atoms. The summed E-state index contributed by atoms with van der Waals surface area (Å²) in [6.45, 7) is -0.321. The second-order valence-corrected chi connectivity index (χ2v) is 4.88. The number of carbonyl (C=O) groups is 1. The lowest BCUT2D eigenvalue weighted by atomic mass is 10.2. The monoisotopic (exact) mass is 303 g/mol. The highest BCUT2D eigenvalue weighted by atomic mass is 32.1. The van der Waals surface area contributed by atoms with Crippen molar-refractivity contribution >= 4 is 17.3 Å². The van der Waals surface area contributed by atoms with E-state index in [-0.39, 0.29) is 17.9 Å². The molecule has 0 amide bonds. The minimum absolute atomic E-state index is 0.0831. The molecular formula is C12H8F3NO3S. The lowest BCUT2D eigenvalue weighted by Gasteiger charge is -2.11. The zero-order chi connectivity index (χ0) is 14.9. The van der Waals surface area contributed by atoms with Crippen LogP contribution in [0.2, 0.25) is 0 Å². The molecule has 0 aliphatic heterocycles. The van der Waals surface area contributed by atoms with Crippen molar-refractivity contribution in [2.24, 2.45) is 0 Å². The summed E-state index contributed by atoms with van der Waals surface area (Å²) in [5, 5.41) is 8.79. The standard InChI is InChI=1S/C12H8F3NO3S/c13-12(14,15)9-8(10(17)18)20-11(19)16(9)6-7-4-2-1-3-5-7/h1-5H,6H2,(H,17,18). The predicted molar refractivity (Wildman–Crippen MR) is 66.1 cm³/mol. The number of halogens is 3. The van der Waals surface area contributed by atoms with Crippen molar-refractivity contribution in [1.82, 2.24) is 4.57 Å². The molecule has 1 N–H and O–H groups in total. The number of hydrogen-bond acceptors (Lipinski definition) is 3. The molecule has 106 valence electrons. The molecule has 0 radical (unpaired) electrons. The molecule has 0 aliphatic carbocycles. The van der Waals surface area contributed by atoms with Crippen LogP contribution in [0.4, 0.5) is 13.2 Å². The fraction of sp³-hybridized carbons (Fsp3) is 0.167. The molecule has 0 saturated carbocycles. The molecule has 0 unspecified atom stereocenters. The van der Waals surface area contributed by atoms with Gasteiger partial charge in [0.15, 0.2) is 5.69 Å². The third-order valence-corrected chi connectivity index (χ3v) is 3.51. The molecule has 1 aromatic heterocycles. The van der Waals surface area contributed by atoms with Gasteiger partial charge in [-0.05, 0) is 5.56 Å². The third kappa shape index (κ3) is 2.74. The number of alkyl halides is 3. The summed E-state index contributed by atoms with van der Waals surface area (Å²) in [6.07, 6.45) is -4.90. The average molecular weight is 303 g/mol. The Morgan fingerprint density at radius 1 is 1.25 bits per heavy atom. The smallest absolute Gasteiger partial charge is 0.433 e. The summed E-state index contributed by atoms with van der Waals surface area (Å²) in [5.74, 6) is -1.76. The number of hydrogen-bond donors (Lipinski definition) is 1. The second-order valence-electron chi connectivity index (χ2n) is 3.92. The van der Waals surface area contributed by atoms with Crippen LogP contribution in [0.1, 0.15) is 20.9 Å². The minimum atomic E-state index is -4.90. The lowest BCUT2D eigenvalue weighted by Crippen LogP contribution is -2.23.